The normalized spacial score (nSPS) is 12.6. The zero-order valence-electron chi connectivity index (χ0n) is 25.4. The highest BCUT2D eigenvalue weighted by atomic mass is 32.2. The van der Waals surface area contributed by atoms with Crippen LogP contribution in [-0.2, 0) is 20.2 Å². The Morgan fingerprint density at radius 1 is 0.881 bits per heavy atom. The zero-order chi connectivity index (χ0) is 31.0. The number of carbonyl (C=O) groups is 2. The predicted octanol–water partition coefficient (Wildman–Crippen LogP) is 7.24. The maximum atomic E-state index is 13.3. The van der Waals surface area contributed by atoms with Crippen molar-refractivity contribution >= 4 is 27.5 Å². The van der Waals surface area contributed by atoms with E-state index in [9.17, 15) is 18.0 Å². The molecule has 0 aliphatic rings. The second-order valence-corrected chi connectivity index (χ2v) is 13.4. The fraction of sp³-hybridized carbons (Fsp3) is 0.294. The van der Waals surface area contributed by atoms with Gasteiger partial charge < -0.3 is 9.30 Å². The number of Topliss-reactive ketones (excluding diaryl/α,β-unsaturated/α-hetero) is 1. The first-order valence-electron chi connectivity index (χ1n) is 13.8. The van der Waals surface area contributed by atoms with E-state index in [1.165, 1.54) is 24.3 Å². The van der Waals surface area contributed by atoms with Crippen molar-refractivity contribution in [1.82, 2.24) is 4.57 Å². The van der Waals surface area contributed by atoms with E-state index in [0.29, 0.717) is 16.8 Å². The van der Waals surface area contributed by atoms with E-state index < -0.39 is 22.1 Å². The summed E-state index contributed by atoms with van der Waals surface area (Å²) in [6.07, 6.45) is -1.01. The number of anilines is 1. The van der Waals surface area contributed by atoms with Gasteiger partial charge in [-0.1, -0.05) is 45.0 Å². The Kier molecular flexibility index (Phi) is 8.51. The molecule has 1 atom stereocenters. The number of esters is 1. The van der Waals surface area contributed by atoms with Crippen LogP contribution in [-0.4, -0.2) is 30.8 Å². The number of nitrogens with zero attached hydrogens (tertiary/aromatic N) is 1. The molecule has 0 bridgehead atoms. The number of carbonyl (C=O) groups excluding carboxylic acids is 2. The molecular weight excluding hydrogens is 548 g/mol. The van der Waals surface area contributed by atoms with Crippen molar-refractivity contribution in [3.8, 4) is 5.69 Å². The van der Waals surface area contributed by atoms with Crippen molar-refractivity contribution in [2.75, 3.05) is 4.72 Å². The van der Waals surface area contributed by atoms with Crippen LogP contribution < -0.4 is 4.72 Å². The van der Waals surface area contributed by atoms with E-state index in [4.69, 9.17) is 4.74 Å². The predicted molar refractivity (Wildman–Crippen MR) is 166 cm³/mol. The average molecular weight is 587 g/mol. The van der Waals surface area contributed by atoms with Gasteiger partial charge in [0.05, 0.1) is 10.5 Å². The summed E-state index contributed by atoms with van der Waals surface area (Å²) in [4.78, 5) is 26.3. The molecule has 0 radical (unpaired) electrons. The minimum atomic E-state index is -3.88. The van der Waals surface area contributed by atoms with Gasteiger partial charge in [0, 0.05) is 28.3 Å². The first-order valence-corrected chi connectivity index (χ1v) is 15.3. The zero-order valence-corrected chi connectivity index (χ0v) is 26.2. The van der Waals surface area contributed by atoms with Gasteiger partial charge in [-0.2, -0.15) is 0 Å². The second kappa shape index (κ2) is 11.6. The van der Waals surface area contributed by atoms with Crippen LogP contribution in [0.2, 0.25) is 0 Å². The third-order valence-corrected chi connectivity index (χ3v) is 9.02. The molecule has 0 fully saturated rings. The van der Waals surface area contributed by atoms with Crippen molar-refractivity contribution in [2.24, 2.45) is 0 Å². The summed E-state index contributed by atoms with van der Waals surface area (Å²) in [6.45, 7) is 15.1. The molecule has 7 nitrogen and oxygen atoms in total. The smallest absolute Gasteiger partial charge is 0.338 e. The lowest BCUT2D eigenvalue weighted by molar-refractivity contribution is 0.0318. The van der Waals surface area contributed by atoms with Gasteiger partial charge in [-0.3, -0.25) is 9.52 Å². The second-order valence-electron chi connectivity index (χ2n) is 11.7. The summed E-state index contributed by atoms with van der Waals surface area (Å²) in [5.74, 6) is -0.974. The number of sulfonamides is 1. The summed E-state index contributed by atoms with van der Waals surface area (Å²) in [6, 6.07) is 21.2. The molecule has 0 saturated heterocycles. The van der Waals surface area contributed by atoms with Gasteiger partial charge in [0.15, 0.2) is 6.10 Å². The SMILES string of the molecule is Cc1cc(C(C)(C)C)cc(S(=O)(=O)Nc2ccc(C(=O)O[C@@H](C)C(=O)c3cc(C)n(-c4ccccc4)c3C)cc2)c1C. The Hall–Kier alpha value is -4.17. The molecule has 0 unspecified atom stereocenters. The molecule has 42 heavy (non-hydrogen) atoms. The topological polar surface area (TPSA) is 94.5 Å². The van der Waals surface area contributed by atoms with Crippen LogP contribution in [0.4, 0.5) is 5.69 Å². The molecule has 1 heterocycles. The van der Waals surface area contributed by atoms with E-state index in [1.807, 2.05) is 82.5 Å². The Morgan fingerprint density at radius 2 is 1.50 bits per heavy atom. The number of benzene rings is 3. The standard InChI is InChI=1S/C34H38N2O5S/c1-21-18-27(34(6,7)8)20-31(23(21)3)42(39,40)35-28-16-14-26(15-17-28)33(38)41-25(5)32(37)30-19-22(2)36(24(30)4)29-12-10-9-11-13-29/h9-20,25,35H,1-8H3/t25-/m0/s1. The van der Waals surface area contributed by atoms with Crippen molar-refractivity contribution in [1.29, 1.82) is 0 Å². The average Bonchev–Trinajstić information content (AvgIpc) is 3.22. The Labute approximate surface area is 248 Å². The highest BCUT2D eigenvalue weighted by Gasteiger charge is 2.26. The molecule has 0 aliphatic carbocycles. The minimum absolute atomic E-state index is 0.203. The number of hydrogen-bond acceptors (Lipinski definition) is 5. The minimum Gasteiger partial charge on any atom is -0.451 e. The van der Waals surface area contributed by atoms with Gasteiger partial charge in [0.1, 0.15) is 0 Å². The largest absolute Gasteiger partial charge is 0.451 e. The highest BCUT2D eigenvalue weighted by Crippen LogP contribution is 2.30. The lowest BCUT2D eigenvalue weighted by atomic mass is 9.85. The Morgan fingerprint density at radius 3 is 2.10 bits per heavy atom. The fourth-order valence-corrected chi connectivity index (χ4v) is 6.31. The first kappa shape index (κ1) is 30.8. The van der Waals surface area contributed by atoms with Gasteiger partial charge in [0.25, 0.3) is 10.0 Å². The molecule has 4 rings (SSSR count). The van der Waals surface area contributed by atoms with Crippen molar-refractivity contribution < 1.29 is 22.7 Å². The third-order valence-electron chi connectivity index (χ3n) is 7.51. The molecule has 220 valence electrons. The molecule has 0 spiro atoms. The van der Waals surface area contributed by atoms with Gasteiger partial charge in [-0.15, -0.1) is 0 Å². The van der Waals surface area contributed by atoms with Gasteiger partial charge in [-0.05, 0) is 105 Å². The van der Waals surface area contributed by atoms with E-state index in [1.54, 1.807) is 26.0 Å². The summed E-state index contributed by atoms with van der Waals surface area (Å²) in [7, 11) is -3.88. The molecule has 8 heteroatoms. The van der Waals surface area contributed by atoms with Crippen LogP contribution in [0.1, 0.15) is 76.5 Å². The highest BCUT2D eigenvalue weighted by molar-refractivity contribution is 7.92. The number of aryl methyl sites for hydroxylation is 2. The molecule has 4 aromatic rings. The summed E-state index contributed by atoms with van der Waals surface area (Å²) in [5, 5.41) is 0. The van der Waals surface area contributed by atoms with Crippen LogP contribution in [0.25, 0.3) is 5.69 Å². The number of aromatic nitrogens is 1. The van der Waals surface area contributed by atoms with Crippen LogP contribution in [0.5, 0.6) is 0 Å². The first-order chi connectivity index (χ1) is 19.6. The number of nitrogens with one attached hydrogen (secondary N) is 1. The Balaban J connectivity index is 1.48. The van der Waals surface area contributed by atoms with Gasteiger partial charge in [0.2, 0.25) is 5.78 Å². The molecule has 1 aromatic heterocycles. The van der Waals surface area contributed by atoms with Crippen LogP contribution in [0.3, 0.4) is 0 Å². The summed E-state index contributed by atoms with van der Waals surface area (Å²) < 4.78 is 36.8. The van der Waals surface area contributed by atoms with Crippen molar-refractivity contribution in [3.05, 3.63) is 112 Å². The third kappa shape index (κ3) is 6.34. The number of rotatable bonds is 8. The van der Waals surface area contributed by atoms with E-state index in [0.717, 1.165) is 28.2 Å². The molecular formula is C34H38N2O5S. The van der Waals surface area contributed by atoms with E-state index >= 15 is 0 Å². The lowest BCUT2D eigenvalue weighted by Crippen LogP contribution is -2.25. The van der Waals surface area contributed by atoms with E-state index in [-0.39, 0.29) is 21.7 Å². The molecule has 0 aliphatic heterocycles. The van der Waals surface area contributed by atoms with Crippen LogP contribution in [0, 0.1) is 27.7 Å². The van der Waals surface area contributed by atoms with Crippen molar-refractivity contribution in [2.45, 2.75) is 71.8 Å². The molecule has 0 amide bonds. The number of ketones is 1. The Bertz CT molecular complexity index is 1750. The van der Waals surface area contributed by atoms with Crippen LogP contribution >= 0.6 is 0 Å². The maximum Gasteiger partial charge on any atom is 0.338 e. The van der Waals surface area contributed by atoms with Gasteiger partial charge in [-0.25, -0.2) is 13.2 Å². The fourth-order valence-electron chi connectivity index (χ4n) is 4.91. The molecule has 1 N–H and O–H groups in total. The summed E-state index contributed by atoms with van der Waals surface area (Å²) >= 11 is 0. The summed E-state index contributed by atoms with van der Waals surface area (Å²) in [5.41, 5.74) is 5.89. The van der Waals surface area contributed by atoms with Crippen molar-refractivity contribution in [3.63, 3.8) is 0 Å². The maximum absolute atomic E-state index is 13.3. The van der Waals surface area contributed by atoms with Crippen LogP contribution in [0.15, 0.2) is 77.7 Å². The monoisotopic (exact) mass is 586 g/mol. The quantitative estimate of drug-likeness (QED) is 0.174. The number of para-hydroxylation sites is 1. The van der Waals surface area contributed by atoms with Gasteiger partial charge >= 0.3 is 5.97 Å². The number of ether oxygens (including phenoxy) is 1. The number of hydrogen-bond donors (Lipinski definition) is 1. The molecule has 0 saturated carbocycles. The van der Waals surface area contributed by atoms with E-state index in [2.05, 4.69) is 4.72 Å². The molecule has 3 aromatic carbocycles. The lowest BCUT2D eigenvalue weighted by Gasteiger charge is -2.22.